The number of hydroxylamine groups is 3. The molecule has 0 saturated carbocycles. The molecule has 0 spiro atoms. The molecule has 0 aromatic rings. The van der Waals surface area contributed by atoms with Crippen LogP contribution in [0.4, 0.5) is 0 Å². The van der Waals surface area contributed by atoms with Crippen molar-refractivity contribution in [2.75, 3.05) is 6.54 Å². The topological polar surface area (TPSA) is 32.6 Å². The van der Waals surface area contributed by atoms with Crippen molar-refractivity contribution in [2.24, 2.45) is 4.99 Å². The summed E-state index contributed by atoms with van der Waals surface area (Å²) in [5.41, 5.74) is 0. The Labute approximate surface area is 48.1 Å². The minimum absolute atomic E-state index is 0.153. The zero-order valence-electron chi connectivity index (χ0n) is 4.78. The van der Waals surface area contributed by atoms with E-state index in [0.717, 1.165) is 0 Å². The fourth-order valence-corrected chi connectivity index (χ4v) is 0.533. The fraction of sp³-hybridized carbons (Fsp3) is 0.400. The van der Waals surface area contributed by atoms with Crippen molar-refractivity contribution in [1.82, 2.24) is 0 Å². The zero-order valence-corrected chi connectivity index (χ0v) is 4.78. The standard InChI is InChI=1S/C5H9N2O/c1-2-7(8)4-3-6-5-7/h3-5,8H,2H2,1H3/q+1. The predicted molar refractivity (Wildman–Crippen MR) is 30.2 cm³/mol. The van der Waals surface area contributed by atoms with Crippen LogP contribution in [-0.2, 0) is 0 Å². The Bertz CT molecular complexity index is 127. The van der Waals surface area contributed by atoms with Crippen LogP contribution in [-0.4, -0.2) is 22.7 Å². The van der Waals surface area contributed by atoms with Gasteiger partial charge in [-0.2, -0.15) is 0 Å². The molecular formula is C5H9N2O+. The van der Waals surface area contributed by atoms with Gasteiger partial charge >= 0.3 is 0 Å². The molecule has 1 aliphatic rings. The second-order valence-electron chi connectivity index (χ2n) is 1.77. The molecule has 1 atom stereocenters. The maximum Gasteiger partial charge on any atom is 0.227 e. The summed E-state index contributed by atoms with van der Waals surface area (Å²) in [6.07, 6.45) is 4.70. The highest BCUT2D eigenvalue weighted by molar-refractivity contribution is 5.49. The Morgan fingerprint density at radius 2 is 2.50 bits per heavy atom. The van der Waals surface area contributed by atoms with E-state index >= 15 is 0 Å². The largest absolute Gasteiger partial charge is 0.227 e. The van der Waals surface area contributed by atoms with Crippen LogP contribution in [0.2, 0.25) is 0 Å². The van der Waals surface area contributed by atoms with Crippen LogP contribution in [0.15, 0.2) is 17.4 Å². The van der Waals surface area contributed by atoms with Crippen molar-refractivity contribution in [1.29, 1.82) is 0 Å². The van der Waals surface area contributed by atoms with Gasteiger partial charge in [-0.1, -0.05) is 0 Å². The second kappa shape index (κ2) is 1.69. The highest BCUT2D eigenvalue weighted by Gasteiger charge is 2.19. The van der Waals surface area contributed by atoms with E-state index in [2.05, 4.69) is 4.99 Å². The molecule has 0 amide bonds. The Hall–Kier alpha value is -0.670. The van der Waals surface area contributed by atoms with Gasteiger partial charge in [0.2, 0.25) is 6.34 Å². The Morgan fingerprint density at radius 3 is 2.75 bits per heavy atom. The molecule has 0 bridgehead atoms. The highest BCUT2D eigenvalue weighted by atomic mass is 16.5. The van der Waals surface area contributed by atoms with E-state index in [-0.39, 0.29) is 4.65 Å². The van der Waals surface area contributed by atoms with Crippen LogP contribution < -0.4 is 0 Å². The maximum atomic E-state index is 9.20. The van der Waals surface area contributed by atoms with Gasteiger partial charge in [0, 0.05) is 0 Å². The molecule has 0 radical (unpaired) electrons. The molecule has 0 aromatic carbocycles. The maximum absolute atomic E-state index is 9.20. The summed E-state index contributed by atoms with van der Waals surface area (Å²) in [6, 6.07) is 0. The van der Waals surface area contributed by atoms with Crippen LogP contribution in [0, 0.1) is 0 Å². The molecule has 0 saturated heterocycles. The Morgan fingerprint density at radius 1 is 1.75 bits per heavy atom. The molecular weight excluding hydrogens is 104 g/mol. The average Bonchev–Trinajstić information content (AvgIpc) is 2.17. The lowest BCUT2D eigenvalue weighted by Gasteiger charge is -2.13. The Kier molecular flexibility index (Phi) is 1.15. The minimum atomic E-state index is -0.153. The van der Waals surface area contributed by atoms with Gasteiger partial charge in [-0.05, 0) is 6.92 Å². The molecule has 1 rings (SSSR count). The van der Waals surface area contributed by atoms with E-state index in [1.807, 2.05) is 6.92 Å². The van der Waals surface area contributed by atoms with Gasteiger partial charge in [-0.25, -0.2) is 10.2 Å². The van der Waals surface area contributed by atoms with Gasteiger partial charge in [0.15, 0.2) is 6.20 Å². The van der Waals surface area contributed by atoms with Crippen molar-refractivity contribution in [3.8, 4) is 0 Å². The number of hydrogen-bond acceptors (Lipinski definition) is 2. The SMILES string of the molecule is CC[N+]1(O)C=CN=C1. The first-order chi connectivity index (χ1) is 3.77. The lowest BCUT2D eigenvalue weighted by Crippen LogP contribution is -2.34. The summed E-state index contributed by atoms with van der Waals surface area (Å²) in [6.45, 7) is 2.53. The molecule has 0 aromatic heterocycles. The molecule has 3 nitrogen and oxygen atoms in total. The minimum Gasteiger partial charge on any atom is -0.206 e. The summed E-state index contributed by atoms with van der Waals surface area (Å²) in [4.78, 5) is 3.72. The average molecular weight is 113 g/mol. The monoisotopic (exact) mass is 113 g/mol. The first kappa shape index (κ1) is 5.47. The summed E-state index contributed by atoms with van der Waals surface area (Å²) in [5, 5.41) is 9.20. The first-order valence-corrected chi connectivity index (χ1v) is 2.59. The van der Waals surface area contributed by atoms with E-state index in [4.69, 9.17) is 0 Å². The van der Waals surface area contributed by atoms with Gasteiger partial charge in [0.05, 0.1) is 6.20 Å². The molecule has 44 valence electrons. The number of nitrogens with zero attached hydrogens (tertiary/aromatic N) is 2. The summed E-state index contributed by atoms with van der Waals surface area (Å²) in [5.74, 6) is 0. The molecule has 1 unspecified atom stereocenters. The molecule has 1 aliphatic heterocycles. The van der Waals surface area contributed by atoms with Gasteiger partial charge in [-0.3, -0.25) is 0 Å². The normalized spacial score (nSPS) is 34.2. The third-order valence-electron chi connectivity index (χ3n) is 1.18. The van der Waals surface area contributed by atoms with Crippen LogP contribution in [0.5, 0.6) is 0 Å². The van der Waals surface area contributed by atoms with Crippen LogP contribution in [0.1, 0.15) is 6.92 Å². The number of quaternary nitrogens is 1. The highest BCUT2D eigenvalue weighted by Crippen LogP contribution is 2.03. The van der Waals surface area contributed by atoms with Crippen LogP contribution in [0.3, 0.4) is 0 Å². The van der Waals surface area contributed by atoms with E-state index in [1.54, 1.807) is 12.4 Å². The summed E-state index contributed by atoms with van der Waals surface area (Å²) >= 11 is 0. The van der Waals surface area contributed by atoms with Crippen LogP contribution >= 0.6 is 0 Å². The lowest BCUT2D eigenvalue weighted by atomic mass is 10.6. The van der Waals surface area contributed by atoms with Crippen molar-refractivity contribution < 1.29 is 9.85 Å². The van der Waals surface area contributed by atoms with E-state index < -0.39 is 0 Å². The van der Waals surface area contributed by atoms with E-state index in [0.29, 0.717) is 6.54 Å². The molecule has 1 N–H and O–H groups in total. The fourth-order valence-electron chi connectivity index (χ4n) is 0.533. The van der Waals surface area contributed by atoms with Crippen molar-refractivity contribution >= 4 is 6.34 Å². The van der Waals surface area contributed by atoms with E-state index in [1.165, 1.54) is 6.34 Å². The van der Waals surface area contributed by atoms with Gasteiger partial charge in [0.25, 0.3) is 0 Å². The van der Waals surface area contributed by atoms with Gasteiger partial charge < -0.3 is 0 Å². The van der Waals surface area contributed by atoms with Gasteiger partial charge in [-0.15, -0.1) is 4.65 Å². The third-order valence-corrected chi connectivity index (χ3v) is 1.18. The zero-order chi connectivity index (χ0) is 6.04. The quantitative estimate of drug-likeness (QED) is 0.499. The second-order valence-corrected chi connectivity index (χ2v) is 1.77. The molecule has 8 heavy (non-hydrogen) atoms. The molecule has 0 aliphatic carbocycles. The number of hydrogen-bond donors (Lipinski definition) is 1. The first-order valence-electron chi connectivity index (χ1n) is 2.59. The van der Waals surface area contributed by atoms with Gasteiger partial charge in [0.1, 0.15) is 6.54 Å². The third kappa shape index (κ3) is 0.778. The number of aliphatic imine (C=N–C) groups is 1. The van der Waals surface area contributed by atoms with Crippen molar-refractivity contribution in [2.45, 2.75) is 6.92 Å². The summed E-state index contributed by atoms with van der Waals surface area (Å²) in [7, 11) is 0. The summed E-state index contributed by atoms with van der Waals surface area (Å²) < 4.78 is -0.153. The van der Waals surface area contributed by atoms with Crippen molar-refractivity contribution in [3.63, 3.8) is 0 Å². The van der Waals surface area contributed by atoms with Crippen molar-refractivity contribution in [3.05, 3.63) is 12.4 Å². The van der Waals surface area contributed by atoms with E-state index in [9.17, 15) is 5.21 Å². The smallest absolute Gasteiger partial charge is 0.206 e. The Balaban J connectivity index is 2.69. The lowest BCUT2D eigenvalue weighted by molar-refractivity contribution is -0.980. The van der Waals surface area contributed by atoms with Crippen LogP contribution in [0.25, 0.3) is 0 Å². The number of rotatable bonds is 1. The molecule has 1 heterocycles. The molecule has 0 fully saturated rings. The predicted octanol–water partition coefficient (Wildman–Crippen LogP) is 0.725. The molecule has 3 heteroatoms.